The van der Waals surface area contributed by atoms with Gasteiger partial charge in [0.1, 0.15) is 55.4 Å². The molecule has 14 nitrogen and oxygen atoms in total. The van der Waals surface area contributed by atoms with Gasteiger partial charge in [-0.1, -0.05) is 13.8 Å². The van der Waals surface area contributed by atoms with Crippen LogP contribution in [0.25, 0.3) is 0 Å². The molecular formula is C35H54O14. The van der Waals surface area contributed by atoms with Crippen molar-refractivity contribution in [2.24, 2.45) is 34.5 Å². The van der Waals surface area contributed by atoms with Crippen LogP contribution in [0.1, 0.15) is 71.6 Å². The SMILES string of the molecule is C[C@@]12CC[C@@H](OC3OC(CO)C(O)C(O)C3OC3OC(CO)C(O)C(O)C3O)C[C@H]1CC[C@H]1C2CC[C@@]2(C)[C@H](C3=CC(=O)OC3)CC[C@@]12O. The minimum absolute atomic E-state index is 0.0351. The van der Waals surface area contributed by atoms with E-state index in [0.717, 1.165) is 44.1 Å². The zero-order chi connectivity index (χ0) is 35.0. The molecular weight excluding hydrogens is 644 g/mol. The Kier molecular flexibility index (Phi) is 9.80. The van der Waals surface area contributed by atoms with Crippen LogP contribution < -0.4 is 0 Å². The fourth-order valence-corrected chi connectivity index (χ4v) is 11.3. The first-order chi connectivity index (χ1) is 23.3. The largest absolute Gasteiger partial charge is 0.458 e. The first-order valence-electron chi connectivity index (χ1n) is 18.1. The average Bonchev–Trinajstić information content (AvgIpc) is 3.63. The van der Waals surface area contributed by atoms with Crippen LogP contribution in [0.15, 0.2) is 11.6 Å². The van der Waals surface area contributed by atoms with E-state index in [4.69, 9.17) is 23.7 Å². The summed E-state index contributed by atoms with van der Waals surface area (Å²) in [6, 6.07) is 0. The van der Waals surface area contributed by atoms with Gasteiger partial charge in [-0.3, -0.25) is 0 Å². The fourth-order valence-electron chi connectivity index (χ4n) is 11.3. The van der Waals surface area contributed by atoms with E-state index in [-0.39, 0.29) is 34.7 Å². The molecule has 3 heterocycles. The molecule has 4 aliphatic carbocycles. The first-order valence-corrected chi connectivity index (χ1v) is 18.1. The lowest BCUT2D eigenvalue weighted by Crippen LogP contribution is -2.65. The van der Waals surface area contributed by atoms with Crippen LogP contribution in [0.4, 0.5) is 0 Å². The monoisotopic (exact) mass is 698 g/mol. The molecule has 0 radical (unpaired) electrons. The van der Waals surface area contributed by atoms with Crippen LogP contribution in [0.3, 0.4) is 0 Å². The molecule has 0 bridgehead atoms. The van der Waals surface area contributed by atoms with Crippen molar-refractivity contribution in [2.45, 2.75) is 145 Å². The van der Waals surface area contributed by atoms with E-state index in [2.05, 4.69) is 13.8 Å². The molecule has 6 fully saturated rings. The molecule has 8 N–H and O–H groups in total. The third-order valence-corrected chi connectivity index (χ3v) is 14.2. The van der Waals surface area contributed by atoms with Gasteiger partial charge in [-0.2, -0.15) is 0 Å². The van der Waals surface area contributed by atoms with Crippen LogP contribution in [-0.4, -0.2) is 140 Å². The zero-order valence-electron chi connectivity index (χ0n) is 28.3. The molecule has 0 amide bonds. The molecule has 11 unspecified atom stereocenters. The van der Waals surface area contributed by atoms with E-state index in [0.29, 0.717) is 37.7 Å². The highest BCUT2D eigenvalue weighted by molar-refractivity contribution is 5.85. The standard InChI is InChI=1S/C35H54O14/c1-33-8-5-18(46-32-30(28(42)26(40)23(14-37)48-32)49-31-29(43)27(41)25(39)22(13-36)47-31)12-17(33)3-4-21-20(33)6-9-34(2)19(7-10-35(21,34)44)16-11-24(38)45-15-16/h11,17-23,25-32,36-37,39-44H,3-10,12-15H2,1-2H3/t17-,18-,19+,20?,21+,22?,23?,25?,26?,27?,28?,29?,30?,31?,32?,33-,34+,35-/m1/s1. The summed E-state index contributed by atoms with van der Waals surface area (Å²) in [6.45, 7) is 3.61. The second kappa shape index (κ2) is 13.3. The molecule has 18 atom stereocenters. The third kappa shape index (κ3) is 5.73. The summed E-state index contributed by atoms with van der Waals surface area (Å²) in [5, 5.41) is 84.8. The molecule has 4 saturated carbocycles. The lowest BCUT2D eigenvalue weighted by molar-refractivity contribution is -0.373. The molecule has 7 rings (SSSR count). The van der Waals surface area contributed by atoms with Crippen molar-refractivity contribution in [2.75, 3.05) is 19.8 Å². The highest BCUT2D eigenvalue weighted by atomic mass is 16.8. The Morgan fingerprint density at radius 2 is 1.47 bits per heavy atom. The Morgan fingerprint density at radius 1 is 0.776 bits per heavy atom. The fraction of sp³-hybridized carbons (Fsp3) is 0.914. The number of cyclic esters (lactones) is 1. The molecule has 2 saturated heterocycles. The van der Waals surface area contributed by atoms with Crippen LogP contribution in [0.2, 0.25) is 0 Å². The summed E-state index contributed by atoms with van der Waals surface area (Å²) < 4.78 is 29.0. The predicted octanol–water partition coefficient (Wildman–Crippen LogP) is -0.747. The van der Waals surface area contributed by atoms with E-state index in [1.807, 2.05) is 0 Å². The van der Waals surface area contributed by atoms with Gasteiger partial charge in [0.25, 0.3) is 0 Å². The third-order valence-electron chi connectivity index (χ3n) is 14.2. The van der Waals surface area contributed by atoms with E-state index in [1.165, 1.54) is 0 Å². The van der Waals surface area contributed by atoms with Crippen LogP contribution in [0.5, 0.6) is 0 Å². The topological polar surface area (TPSA) is 225 Å². The number of fused-ring (bicyclic) bond motifs is 5. The molecule has 0 aromatic carbocycles. The molecule has 49 heavy (non-hydrogen) atoms. The van der Waals surface area contributed by atoms with Gasteiger partial charge in [-0.15, -0.1) is 0 Å². The summed E-state index contributed by atoms with van der Waals surface area (Å²) in [6.07, 6.45) is -6.20. The van der Waals surface area contributed by atoms with Crippen molar-refractivity contribution >= 4 is 5.97 Å². The molecule has 0 spiro atoms. The number of carbonyl (C=O) groups is 1. The first kappa shape index (κ1) is 36.1. The minimum atomic E-state index is -1.74. The number of rotatable bonds is 7. The number of hydrogen-bond acceptors (Lipinski definition) is 14. The normalized spacial score (nSPS) is 54.4. The molecule has 0 aromatic heterocycles. The van der Waals surface area contributed by atoms with Gasteiger partial charge in [-0.05, 0) is 92.4 Å². The summed E-state index contributed by atoms with van der Waals surface area (Å²) in [5.74, 6) is 0.596. The van der Waals surface area contributed by atoms with E-state index < -0.39 is 80.2 Å². The summed E-state index contributed by atoms with van der Waals surface area (Å²) >= 11 is 0. The summed E-state index contributed by atoms with van der Waals surface area (Å²) in [4.78, 5) is 11.9. The highest BCUT2D eigenvalue weighted by Gasteiger charge is 2.68. The molecule has 0 aromatic rings. The van der Waals surface area contributed by atoms with Gasteiger partial charge in [-0.25, -0.2) is 4.79 Å². The Morgan fingerprint density at radius 3 is 2.14 bits per heavy atom. The smallest absolute Gasteiger partial charge is 0.331 e. The molecule has 3 aliphatic heterocycles. The van der Waals surface area contributed by atoms with Gasteiger partial charge in [0.05, 0.1) is 24.9 Å². The summed E-state index contributed by atoms with van der Waals surface area (Å²) in [7, 11) is 0. The van der Waals surface area contributed by atoms with Crippen molar-refractivity contribution in [3.05, 3.63) is 11.6 Å². The number of carbonyl (C=O) groups excluding carboxylic acids is 1. The van der Waals surface area contributed by atoms with E-state index in [1.54, 1.807) is 6.08 Å². The van der Waals surface area contributed by atoms with Gasteiger partial charge in [0.2, 0.25) is 0 Å². The maximum Gasteiger partial charge on any atom is 0.331 e. The average molecular weight is 699 g/mol. The molecule has 278 valence electrons. The van der Waals surface area contributed by atoms with E-state index >= 15 is 0 Å². The quantitative estimate of drug-likeness (QED) is 0.121. The Hall–Kier alpha value is -1.27. The number of aliphatic hydroxyl groups is 8. The van der Waals surface area contributed by atoms with Crippen molar-refractivity contribution in [3.8, 4) is 0 Å². The lowest BCUT2D eigenvalue weighted by atomic mass is 9.43. The van der Waals surface area contributed by atoms with Crippen molar-refractivity contribution in [1.82, 2.24) is 0 Å². The van der Waals surface area contributed by atoms with Gasteiger partial charge in [0, 0.05) is 11.5 Å². The van der Waals surface area contributed by atoms with Crippen molar-refractivity contribution in [3.63, 3.8) is 0 Å². The molecule has 14 heteroatoms. The zero-order valence-corrected chi connectivity index (χ0v) is 28.3. The van der Waals surface area contributed by atoms with Crippen molar-refractivity contribution in [1.29, 1.82) is 0 Å². The van der Waals surface area contributed by atoms with E-state index in [9.17, 15) is 45.6 Å². The Bertz CT molecular complexity index is 1260. The maximum atomic E-state index is 12.5. The van der Waals surface area contributed by atoms with Gasteiger partial charge < -0.3 is 64.5 Å². The number of esters is 1. The van der Waals surface area contributed by atoms with Gasteiger partial charge in [0.15, 0.2) is 12.6 Å². The van der Waals surface area contributed by atoms with Crippen molar-refractivity contribution < 1.29 is 69.3 Å². The second-order valence-electron chi connectivity index (χ2n) is 16.3. The van der Waals surface area contributed by atoms with Gasteiger partial charge >= 0.3 is 5.97 Å². The summed E-state index contributed by atoms with van der Waals surface area (Å²) in [5.41, 5.74) is -0.165. The number of aliphatic hydroxyl groups excluding tert-OH is 7. The highest BCUT2D eigenvalue weighted by Crippen LogP contribution is 2.70. The number of hydrogen-bond donors (Lipinski definition) is 8. The number of ether oxygens (including phenoxy) is 5. The lowest BCUT2D eigenvalue weighted by Gasteiger charge is -2.64. The maximum absolute atomic E-state index is 12.5. The van der Waals surface area contributed by atoms with Crippen LogP contribution in [0, 0.1) is 34.5 Å². The minimum Gasteiger partial charge on any atom is -0.458 e. The second-order valence-corrected chi connectivity index (χ2v) is 16.3. The Balaban J connectivity index is 1.05. The predicted molar refractivity (Wildman–Crippen MR) is 167 cm³/mol. The Labute approximate surface area is 285 Å². The molecule has 7 aliphatic rings. The van der Waals surface area contributed by atoms with Crippen LogP contribution in [-0.2, 0) is 28.5 Å². The van der Waals surface area contributed by atoms with Crippen LogP contribution >= 0.6 is 0 Å².